The van der Waals surface area contributed by atoms with Gasteiger partial charge >= 0.3 is 0 Å². The average Bonchev–Trinajstić information content (AvgIpc) is 2.53. The highest BCUT2D eigenvalue weighted by atomic mass is 16.6. The molecule has 1 fully saturated rings. The van der Waals surface area contributed by atoms with Crippen LogP contribution in [0, 0.1) is 21.4 Å². The maximum Gasteiger partial charge on any atom is 0.278 e. The van der Waals surface area contributed by atoms with Crippen molar-refractivity contribution >= 4 is 22.3 Å². The zero-order valence-corrected chi connectivity index (χ0v) is 11.1. The smallest absolute Gasteiger partial charge is 0.278 e. The summed E-state index contributed by atoms with van der Waals surface area (Å²) in [6, 6.07) is 8.62. The van der Waals surface area contributed by atoms with Gasteiger partial charge in [0, 0.05) is 18.8 Å². The van der Waals surface area contributed by atoms with Crippen molar-refractivity contribution in [3.8, 4) is 6.07 Å². The molecule has 0 bridgehead atoms. The lowest BCUT2D eigenvalue weighted by atomic mass is 10.1. The van der Waals surface area contributed by atoms with Gasteiger partial charge < -0.3 is 9.64 Å². The normalized spacial score (nSPS) is 18.4. The molecule has 1 aliphatic heterocycles. The Morgan fingerprint density at radius 1 is 1.48 bits per heavy atom. The van der Waals surface area contributed by atoms with Gasteiger partial charge in [-0.2, -0.15) is 5.26 Å². The Hall–Kier alpha value is -2.72. The molecule has 106 valence electrons. The fourth-order valence-corrected chi connectivity index (χ4v) is 2.50. The van der Waals surface area contributed by atoms with Crippen molar-refractivity contribution in [3.63, 3.8) is 0 Å². The van der Waals surface area contributed by atoms with Crippen LogP contribution in [0.3, 0.4) is 0 Å². The second-order valence-electron chi connectivity index (χ2n) is 4.70. The Kier molecular flexibility index (Phi) is 3.38. The fraction of sp³-hybridized carbons (Fsp3) is 0.286. The first-order valence-electron chi connectivity index (χ1n) is 6.49. The Morgan fingerprint density at radius 3 is 3.10 bits per heavy atom. The minimum absolute atomic E-state index is 0.0342. The minimum Gasteiger partial charge on any atom is -0.364 e. The van der Waals surface area contributed by atoms with E-state index in [2.05, 4.69) is 11.1 Å². The lowest BCUT2D eigenvalue weighted by Gasteiger charge is -2.31. The average molecular weight is 284 g/mol. The van der Waals surface area contributed by atoms with Gasteiger partial charge in [-0.1, -0.05) is 0 Å². The number of nitrogens with zero attached hydrogens (tertiary/aromatic N) is 4. The van der Waals surface area contributed by atoms with Gasteiger partial charge in [-0.3, -0.25) is 15.1 Å². The molecule has 0 amide bonds. The second kappa shape index (κ2) is 5.34. The Bertz CT molecular complexity index is 741. The molecule has 0 aliphatic carbocycles. The SMILES string of the molecule is N#CC1CN(c2ccc([N+](=O)[O-])c3cccnc23)CCO1. The van der Waals surface area contributed by atoms with Gasteiger partial charge in [-0.05, 0) is 18.2 Å². The number of nitro benzene ring substituents is 1. The third-order valence-corrected chi connectivity index (χ3v) is 3.47. The molecule has 7 nitrogen and oxygen atoms in total. The summed E-state index contributed by atoms with van der Waals surface area (Å²) >= 11 is 0. The molecule has 0 spiro atoms. The summed E-state index contributed by atoms with van der Waals surface area (Å²) in [5.74, 6) is 0. The number of ether oxygens (including phenoxy) is 1. The van der Waals surface area contributed by atoms with Crippen molar-refractivity contribution in [1.29, 1.82) is 5.26 Å². The number of benzene rings is 1. The van der Waals surface area contributed by atoms with Crippen LogP contribution in [-0.4, -0.2) is 35.7 Å². The van der Waals surface area contributed by atoms with Gasteiger partial charge in [0.05, 0.1) is 35.2 Å². The molecular weight excluding hydrogens is 272 g/mol. The van der Waals surface area contributed by atoms with E-state index in [9.17, 15) is 10.1 Å². The van der Waals surface area contributed by atoms with Crippen molar-refractivity contribution in [3.05, 3.63) is 40.6 Å². The van der Waals surface area contributed by atoms with Gasteiger partial charge in [-0.25, -0.2) is 0 Å². The van der Waals surface area contributed by atoms with Crippen LogP contribution >= 0.6 is 0 Å². The lowest BCUT2D eigenvalue weighted by Crippen LogP contribution is -2.42. The quantitative estimate of drug-likeness (QED) is 0.617. The third kappa shape index (κ3) is 2.37. The second-order valence-corrected chi connectivity index (χ2v) is 4.70. The summed E-state index contributed by atoms with van der Waals surface area (Å²) in [4.78, 5) is 17.0. The number of nitriles is 1. The molecule has 21 heavy (non-hydrogen) atoms. The molecule has 3 rings (SSSR count). The molecule has 0 N–H and O–H groups in total. The van der Waals surface area contributed by atoms with Crippen molar-refractivity contribution in [2.45, 2.75) is 6.10 Å². The number of non-ortho nitro benzene ring substituents is 1. The summed E-state index contributed by atoms with van der Waals surface area (Å²) in [5, 5.41) is 20.6. The number of rotatable bonds is 2. The van der Waals surface area contributed by atoms with E-state index in [1.807, 2.05) is 4.90 Å². The highest BCUT2D eigenvalue weighted by Crippen LogP contribution is 2.32. The van der Waals surface area contributed by atoms with E-state index >= 15 is 0 Å². The van der Waals surface area contributed by atoms with Crippen molar-refractivity contribution < 1.29 is 9.66 Å². The molecule has 2 heterocycles. The standard InChI is InChI=1S/C14H12N4O3/c15-8-10-9-17(6-7-21-10)13-4-3-12(18(19)20)11-2-1-5-16-14(11)13/h1-5,10H,6-7,9H2. The van der Waals surface area contributed by atoms with E-state index in [1.54, 1.807) is 24.4 Å². The summed E-state index contributed by atoms with van der Waals surface area (Å²) in [7, 11) is 0. The van der Waals surface area contributed by atoms with Crippen LogP contribution < -0.4 is 4.90 Å². The van der Waals surface area contributed by atoms with E-state index in [-0.39, 0.29) is 5.69 Å². The number of hydrogen-bond acceptors (Lipinski definition) is 6. The molecule has 1 aromatic carbocycles. The Balaban J connectivity index is 2.10. The van der Waals surface area contributed by atoms with Crippen LogP contribution in [0.2, 0.25) is 0 Å². The zero-order chi connectivity index (χ0) is 14.8. The molecule has 1 atom stereocenters. The number of fused-ring (bicyclic) bond motifs is 1. The summed E-state index contributed by atoms with van der Waals surface area (Å²) in [5.41, 5.74) is 1.40. The van der Waals surface area contributed by atoms with E-state index in [4.69, 9.17) is 10.00 Å². The molecule has 1 aliphatic rings. The van der Waals surface area contributed by atoms with Crippen molar-refractivity contribution in [2.24, 2.45) is 0 Å². The van der Waals surface area contributed by atoms with Crippen LogP contribution in [0.4, 0.5) is 11.4 Å². The largest absolute Gasteiger partial charge is 0.364 e. The van der Waals surface area contributed by atoms with Crippen LogP contribution in [0.5, 0.6) is 0 Å². The number of hydrogen-bond donors (Lipinski definition) is 0. The van der Waals surface area contributed by atoms with Crippen LogP contribution in [0.25, 0.3) is 10.9 Å². The van der Waals surface area contributed by atoms with Gasteiger partial charge in [0.25, 0.3) is 5.69 Å². The van der Waals surface area contributed by atoms with Gasteiger partial charge in [0.1, 0.15) is 5.52 Å². The van der Waals surface area contributed by atoms with Gasteiger partial charge in [0.2, 0.25) is 0 Å². The number of aromatic nitrogens is 1. The molecule has 1 unspecified atom stereocenters. The number of pyridine rings is 1. The first-order chi connectivity index (χ1) is 10.2. The topological polar surface area (TPSA) is 92.3 Å². The molecule has 1 aromatic heterocycles. The Labute approximate surface area is 120 Å². The van der Waals surface area contributed by atoms with Gasteiger partial charge in [-0.15, -0.1) is 0 Å². The number of morpholine rings is 1. The van der Waals surface area contributed by atoms with Crippen molar-refractivity contribution in [2.75, 3.05) is 24.6 Å². The predicted molar refractivity (Wildman–Crippen MR) is 76.0 cm³/mol. The van der Waals surface area contributed by atoms with E-state index < -0.39 is 11.0 Å². The monoisotopic (exact) mass is 284 g/mol. The lowest BCUT2D eigenvalue weighted by molar-refractivity contribution is -0.383. The highest BCUT2D eigenvalue weighted by Gasteiger charge is 2.24. The molecule has 2 aromatic rings. The van der Waals surface area contributed by atoms with Crippen molar-refractivity contribution in [1.82, 2.24) is 4.98 Å². The van der Waals surface area contributed by atoms with Crippen LogP contribution in [0.1, 0.15) is 0 Å². The molecule has 0 radical (unpaired) electrons. The maximum absolute atomic E-state index is 11.1. The predicted octanol–water partition coefficient (Wildman–Crippen LogP) is 1.87. The summed E-state index contributed by atoms with van der Waals surface area (Å²) < 4.78 is 5.32. The highest BCUT2D eigenvalue weighted by molar-refractivity contribution is 5.97. The third-order valence-electron chi connectivity index (χ3n) is 3.47. The first kappa shape index (κ1) is 13.3. The molecule has 0 saturated carbocycles. The molecule has 7 heteroatoms. The van der Waals surface area contributed by atoms with Crippen LogP contribution in [0.15, 0.2) is 30.5 Å². The number of nitro groups is 1. The Morgan fingerprint density at radius 2 is 2.33 bits per heavy atom. The minimum atomic E-state index is -0.493. The summed E-state index contributed by atoms with van der Waals surface area (Å²) in [6.07, 6.45) is 1.12. The van der Waals surface area contributed by atoms with Crippen LogP contribution in [-0.2, 0) is 4.74 Å². The fourth-order valence-electron chi connectivity index (χ4n) is 2.50. The molecule has 1 saturated heterocycles. The van der Waals surface area contributed by atoms with E-state index in [0.29, 0.717) is 30.6 Å². The zero-order valence-electron chi connectivity index (χ0n) is 11.1. The van der Waals surface area contributed by atoms with E-state index in [0.717, 1.165) is 5.69 Å². The first-order valence-corrected chi connectivity index (χ1v) is 6.49. The molecular formula is C14H12N4O3. The summed E-state index contributed by atoms with van der Waals surface area (Å²) in [6.45, 7) is 1.51. The maximum atomic E-state index is 11.1. The van der Waals surface area contributed by atoms with E-state index in [1.165, 1.54) is 6.07 Å². The van der Waals surface area contributed by atoms with Gasteiger partial charge in [0.15, 0.2) is 6.10 Å². The number of anilines is 1.